The molecule has 7 nitrogen and oxygen atoms in total. The minimum absolute atomic E-state index is 0.0169. The van der Waals surface area contributed by atoms with Gasteiger partial charge in [0.2, 0.25) is 15.9 Å². The first-order chi connectivity index (χ1) is 9.81. The number of nitrogens with one attached hydrogen (secondary N) is 1. The third kappa shape index (κ3) is 3.40. The van der Waals surface area contributed by atoms with Gasteiger partial charge in [0, 0.05) is 18.7 Å². The Hall–Kier alpha value is -1.93. The highest BCUT2D eigenvalue weighted by Gasteiger charge is 2.24. The van der Waals surface area contributed by atoms with Crippen LogP contribution < -0.4 is 9.62 Å². The van der Waals surface area contributed by atoms with Crippen LogP contribution in [0.1, 0.15) is 19.8 Å². The molecular weight excluding hydrogens is 296 g/mol. The largest absolute Gasteiger partial charge is 0.480 e. The molecular formula is C13H16N2O5S. The van der Waals surface area contributed by atoms with Crippen LogP contribution in [0.3, 0.4) is 0 Å². The average Bonchev–Trinajstić information content (AvgIpc) is 2.84. The first kappa shape index (κ1) is 15.5. The van der Waals surface area contributed by atoms with Gasteiger partial charge in [-0.2, -0.15) is 4.72 Å². The van der Waals surface area contributed by atoms with Crippen molar-refractivity contribution >= 4 is 27.6 Å². The lowest BCUT2D eigenvalue weighted by atomic mass is 10.3. The molecule has 8 heteroatoms. The predicted octanol–water partition coefficient (Wildman–Crippen LogP) is 0.565. The first-order valence-electron chi connectivity index (χ1n) is 6.47. The smallest absolute Gasteiger partial charge is 0.321 e. The Bertz CT molecular complexity index is 654. The highest BCUT2D eigenvalue weighted by Crippen LogP contribution is 2.22. The number of anilines is 1. The van der Waals surface area contributed by atoms with Gasteiger partial charge in [-0.05, 0) is 37.6 Å². The zero-order valence-electron chi connectivity index (χ0n) is 11.4. The number of hydrogen-bond acceptors (Lipinski definition) is 4. The summed E-state index contributed by atoms with van der Waals surface area (Å²) in [6, 6.07) is 4.59. The van der Waals surface area contributed by atoms with E-state index in [0.29, 0.717) is 18.7 Å². The number of carboxylic acids is 1. The Labute approximate surface area is 122 Å². The Balaban J connectivity index is 2.18. The standard InChI is InChI=1S/C13H16N2O5S/c1-9(13(17)18)14-21(19,20)11-6-4-10(5-7-11)15-8-2-3-12(15)16/h4-7,9,14H,2-3,8H2,1H3,(H,17,18). The molecule has 0 aliphatic carbocycles. The molecule has 1 fully saturated rings. The van der Waals surface area contributed by atoms with Crippen molar-refractivity contribution in [3.63, 3.8) is 0 Å². The van der Waals surface area contributed by atoms with E-state index in [0.717, 1.165) is 6.42 Å². The summed E-state index contributed by atoms with van der Waals surface area (Å²) in [5, 5.41) is 8.74. The summed E-state index contributed by atoms with van der Waals surface area (Å²) in [4.78, 5) is 23.9. The van der Waals surface area contributed by atoms with Crippen LogP contribution in [0, 0.1) is 0 Å². The second-order valence-corrected chi connectivity index (χ2v) is 6.54. The third-order valence-corrected chi connectivity index (χ3v) is 4.79. The molecule has 2 rings (SSSR count). The normalized spacial score (nSPS) is 17.0. The van der Waals surface area contributed by atoms with E-state index in [2.05, 4.69) is 4.72 Å². The molecule has 1 heterocycles. The van der Waals surface area contributed by atoms with Gasteiger partial charge in [-0.3, -0.25) is 9.59 Å². The molecule has 0 radical (unpaired) electrons. The van der Waals surface area contributed by atoms with Gasteiger partial charge in [0.25, 0.3) is 0 Å². The van der Waals surface area contributed by atoms with Gasteiger partial charge in [-0.25, -0.2) is 8.42 Å². The van der Waals surface area contributed by atoms with Crippen LogP contribution in [0.5, 0.6) is 0 Å². The van der Waals surface area contributed by atoms with E-state index in [4.69, 9.17) is 5.11 Å². The van der Waals surface area contributed by atoms with Gasteiger partial charge >= 0.3 is 5.97 Å². The van der Waals surface area contributed by atoms with Crippen LogP contribution in [-0.4, -0.2) is 38.0 Å². The molecule has 1 aromatic rings. The van der Waals surface area contributed by atoms with Crippen molar-refractivity contribution in [1.29, 1.82) is 0 Å². The van der Waals surface area contributed by atoms with Crippen LogP contribution in [0.15, 0.2) is 29.2 Å². The molecule has 1 atom stereocenters. The quantitative estimate of drug-likeness (QED) is 0.827. The fourth-order valence-electron chi connectivity index (χ4n) is 2.08. The Morgan fingerprint density at radius 2 is 1.95 bits per heavy atom. The van der Waals surface area contributed by atoms with E-state index < -0.39 is 22.0 Å². The van der Waals surface area contributed by atoms with Gasteiger partial charge in [-0.1, -0.05) is 0 Å². The van der Waals surface area contributed by atoms with E-state index in [9.17, 15) is 18.0 Å². The number of carbonyl (C=O) groups excluding carboxylic acids is 1. The highest BCUT2D eigenvalue weighted by atomic mass is 32.2. The maximum absolute atomic E-state index is 12.0. The van der Waals surface area contributed by atoms with Crippen molar-refractivity contribution in [2.45, 2.75) is 30.7 Å². The number of hydrogen-bond donors (Lipinski definition) is 2. The van der Waals surface area contributed by atoms with E-state index in [1.807, 2.05) is 0 Å². The zero-order valence-corrected chi connectivity index (χ0v) is 12.3. The summed E-state index contributed by atoms with van der Waals surface area (Å²) in [7, 11) is -3.89. The van der Waals surface area contributed by atoms with Gasteiger partial charge in [-0.15, -0.1) is 0 Å². The summed E-state index contributed by atoms with van der Waals surface area (Å²) in [6.07, 6.45) is 1.29. The number of carbonyl (C=O) groups is 2. The number of nitrogens with zero attached hydrogens (tertiary/aromatic N) is 1. The van der Waals surface area contributed by atoms with E-state index in [1.54, 1.807) is 17.0 Å². The maximum atomic E-state index is 12.0. The van der Waals surface area contributed by atoms with Crippen LogP contribution in [0.25, 0.3) is 0 Å². The lowest BCUT2D eigenvalue weighted by Gasteiger charge is -2.16. The minimum Gasteiger partial charge on any atom is -0.480 e. The number of benzene rings is 1. The predicted molar refractivity (Wildman–Crippen MR) is 75.4 cm³/mol. The van der Waals surface area contributed by atoms with Crippen molar-refractivity contribution < 1.29 is 23.1 Å². The van der Waals surface area contributed by atoms with Gasteiger partial charge in [0.05, 0.1) is 4.90 Å². The first-order valence-corrected chi connectivity index (χ1v) is 7.95. The second-order valence-electron chi connectivity index (χ2n) is 4.82. The molecule has 0 saturated carbocycles. The fraction of sp³-hybridized carbons (Fsp3) is 0.385. The van der Waals surface area contributed by atoms with Crippen LogP contribution >= 0.6 is 0 Å². The SMILES string of the molecule is CC(NS(=O)(=O)c1ccc(N2CCCC2=O)cc1)C(=O)O. The van der Waals surface area contributed by atoms with Crippen LogP contribution in [0.4, 0.5) is 5.69 Å². The molecule has 0 aromatic heterocycles. The monoisotopic (exact) mass is 312 g/mol. The zero-order chi connectivity index (χ0) is 15.6. The van der Waals surface area contributed by atoms with Gasteiger partial charge in [0.15, 0.2) is 0 Å². The summed E-state index contributed by atoms with van der Waals surface area (Å²) < 4.78 is 26.0. The molecule has 0 bridgehead atoms. The van der Waals surface area contributed by atoms with Gasteiger partial charge < -0.3 is 10.0 Å². The van der Waals surface area contributed by atoms with Crippen molar-refractivity contribution in [2.75, 3.05) is 11.4 Å². The Kier molecular flexibility index (Phi) is 4.29. The average molecular weight is 312 g/mol. The molecule has 21 heavy (non-hydrogen) atoms. The van der Waals surface area contributed by atoms with Crippen LogP contribution in [0.2, 0.25) is 0 Å². The summed E-state index contributed by atoms with van der Waals surface area (Å²) >= 11 is 0. The van der Waals surface area contributed by atoms with Crippen molar-refractivity contribution in [3.05, 3.63) is 24.3 Å². The van der Waals surface area contributed by atoms with E-state index >= 15 is 0 Å². The lowest BCUT2D eigenvalue weighted by molar-refractivity contribution is -0.138. The molecule has 0 spiro atoms. The molecule has 2 N–H and O–H groups in total. The van der Waals surface area contributed by atoms with Crippen molar-refractivity contribution in [3.8, 4) is 0 Å². The Morgan fingerprint density at radius 3 is 2.43 bits per heavy atom. The number of sulfonamides is 1. The number of aliphatic carboxylic acids is 1. The minimum atomic E-state index is -3.89. The molecule has 1 amide bonds. The van der Waals surface area contributed by atoms with E-state index in [-0.39, 0.29) is 10.8 Å². The maximum Gasteiger partial charge on any atom is 0.321 e. The summed E-state index contributed by atoms with van der Waals surface area (Å²) in [5.74, 6) is -1.24. The molecule has 114 valence electrons. The Morgan fingerprint density at radius 1 is 1.33 bits per heavy atom. The van der Waals surface area contributed by atoms with Crippen LogP contribution in [-0.2, 0) is 19.6 Å². The van der Waals surface area contributed by atoms with Crippen molar-refractivity contribution in [1.82, 2.24) is 4.72 Å². The molecule has 1 aliphatic rings. The highest BCUT2D eigenvalue weighted by molar-refractivity contribution is 7.89. The lowest BCUT2D eigenvalue weighted by Crippen LogP contribution is -2.38. The second kappa shape index (κ2) is 5.82. The van der Waals surface area contributed by atoms with Gasteiger partial charge in [0.1, 0.15) is 6.04 Å². The van der Waals surface area contributed by atoms with E-state index in [1.165, 1.54) is 19.1 Å². The fourth-order valence-corrected chi connectivity index (χ4v) is 3.27. The molecule has 1 aliphatic heterocycles. The topological polar surface area (TPSA) is 104 Å². The molecule has 1 unspecified atom stereocenters. The third-order valence-electron chi connectivity index (χ3n) is 3.23. The molecule has 1 aromatic carbocycles. The van der Waals surface area contributed by atoms with Crippen molar-refractivity contribution in [2.24, 2.45) is 0 Å². The summed E-state index contributed by atoms with van der Waals surface area (Å²) in [6.45, 7) is 1.87. The summed E-state index contributed by atoms with van der Waals surface area (Å²) in [5.41, 5.74) is 0.641. The number of rotatable bonds is 5. The number of carboxylic acid groups (broad SMARTS) is 1. The number of amides is 1. The molecule has 1 saturated heterocycles.